The van der Waals surface area contributed by atoms with Gasteiger partial charge in [-0.05, 0) is 19.8 Å². The maximum absolute atomic E-state index is 11.8. The predicted octanol–water partition coefficient (Wildman–Crippen LogP) is 0.853. The van der Waals surface area contributed by atoms with E-state index in [1.165, 1.54) is 11.0 Å². The first kappa shape index (κ1) is 11.3. The summed E-state index contributed by atoms with van der Waals surface area (Å²) < 4.78 is 0. The Morgan fingerprint density at radius 2 is 2.06 bits per heavy atom. The van der Waals surface area contributed by atoms with Gasteiger partial charge in [0.2, 0.25) is 0 Å². The molecular formula is C12H17NO3. The normalized spacial score (nSPS) is 30.9. The Hall–Kier alpha value is -1.16. The molecule has 2 rings (SSSR count). The van der Waals surface area contributed by atoms with Gasteiger partial charge in [-0.3, -0.25) is 14.5 Å². The SMILES string of the molecule is CC1=CC(=O)N(C2CCCCC2CO)C1=O. The molecule has 1 aliphatic carbocycles. The summed E-state index contributed by atoms with van der Waals surface area (Å²) in [7, 11) is 0. The number of rotatable bonds is 2. The Bertz CT molecular complexity index is 348. The Kier molecular flexibility index (Phi) is 3.10. The summed E-state index contributed by atoms with van der Waals surface area (Å²) in [6, 6.07) is -0.104. The molecular weight excluding hydrogens is 206 g/mol. The van der Waals surface area contributed by atoms with Crippen LogP contribution in [0.25, 0.3) is 0 Å². The molecule has 4 nitrogen and oxygen atoms in total. The Morgan fingerprint density at radius 3 is 2.62 bits per heavy atom. The van der Waals surface area contributed by atoms with Crippen molar-refractivity contribution in [2.75, 3.05) is 6.61 Å². The average molecular weight is 223 g/mol. The number of nitrogens with zero attached hydrogens (tertiary/aromatic N) is 1. The van der Waals surface area contributed by atoms with E-state index in [2.05, 4.69) is 0 Å². The first-order chi connectivity index (χ1) is 7.65. The van der Waals surface area contributed by atoms with Gasteiger partial charge in [0.25, 0.3) is 11.8 Å². The molecule has 0 spiro atoms. The fraction of sp³-hybridized carbons (Fsp3) is 0.667. The number of imide groups is 1. The summed E-state index contributed by atoms with van der Waals surface area (Å²) >= 11 is 0. The van der Waals surface area contributed by atoms with Crippen molar-refractivity contribution in [2.24, 2.45) is 5.92 Å². The van der Waals surface area contributed by atoms with Gasteiger partial charge < -0.3 is 5.11 Å². The van der Waals surface area contributed by atoms with Crippen molar-refractivity contribution in [1.82, 2.24) is 4.90 Å². The number of hydrogen-bond acceptors (Lipinski definition) is 3. The molecule has 88 valence electrons. The molecule has 0 radical (unpaired) electrons. The van der Waals surface area contributed by atoms with Gasteiger partial charge in [-0.25, -0.2) is 0 Å². The highest BCUT2D eigenvalue weighted by Crippen LogP contribution is 2.31. The van der Waals surface area contributed by atoms with Crippen molar-refractivity contribution in [3.8, 4) is 0 Å². The summed E-state index contributed by atoms with van der Waals surface area (Å²) in [5, 5.41) is 9.29. The zero-order chi connectivity index (χ0) is 11.7. The highest BCUT2D eigenvalue weighted by atomic mass is 16.3. The van der Waals surface area contributed by atoms with Crippen LogP contribution in [-0.2, 0) is 9.59 Å². The Labute approximate surface area is 94.9 Å². The van der Waals surface area contributed by atoms with Crippen molar-refractivity contribution in [2.45, 2.75) is 38.6 Å². The minimum absolute atomic E-state index is 0.0563. The van der Waals surface area contributed by atoms with Gasteiger partial charge in [-0.1, -0.05) is 12.8 Å². The van der Waals surface area contributed by atoms with Crippen LogP contribution in [0.1, 0.15) is 32.6 Å². The van der Waals surface area contributed by atoms with Crippen LogP contribution in [0, 0.1) is 5.92 Å². The second kappa shape index (κ2) is 4.37. The first-order valence-corrected chi connectivity index (χ1v) is 5.82. The lowest BCUT2D eigenvalue weighted by Crippen LogP contribution is -2.47. The molecule has 4 heteroatoms. The molecule has 1 aliphatic heterocycles. The molecule has 0 aromatic rings. The van der Waals surface area contributed by atoms with Crippen LogP contribution in [0.3, 0.4) is 0 Å². The Balaban J connectivity index is 2.18. The van der Waals surface area contributed by atoms with Gasteiger partial charge in [-0.15, -0.1) is 0 Å². The largest absolute Gasteiger partial charge is 0.396 e. The van der Waals surface area contributed by atoms with Gasteiger partial charge in [0.05, 0.1) is 0 Å². The van der Waals surface area contributed by atoms with E-state index in [1.54, 1.807) is 6.92 Å². The van der Waals surface area contributed by atoms with Gasteiger partial charge in [0.15, 0.2) is 0 Å². The van der Waals surface area contributed by atoms with E-state index in [4.69, 9.17) is 0 Å². The monoisotopic (exact) mass is 223 g/mol. The van der Waals surface area contributed by atoms with Crippen molar-refractivity contribution in [3.05, 3.63) is 11.6 Å². The zero-order valence-electron chi connectivity index (χ0n) is 9.48. The highest BCUT2D eigenvalue weighted by Gasteiger charge is 2.39. The average Bonchev–Trinajstić information content (AvgIpc) is 2.53. The molecule has 0 aromatic carbocycles. The fourth-order valence-corrected chi connectivity index (χ4v) is 2.66. The molecule has 2 atom stereocenters. The third-order valence-corrected chi connectivity index (χ3v) is 3.57. The molecule has 0 bridgehead atoms. The van der Waals surface area contributed by atoms with Gasteiger partial charge in [0.1, 0.15) is 0 Å². The number of carbonyl (C=O) groups excluding carboxylic acids is 2. The first-order valence-electron chi connectivity index (χ1n) is 5.82. The molecule has 0 aromatic heterocycles. The van der Waals surface area contributed by atoms with Gasteiger partial charge >= 0.3 is 0 Å². The second-order valence-corrected chi connectivity index (χ2v) is 4.64. The number of carbonyl (C=O) groups is 2. The summed E-state index contributed by atoms with van der Waals surface area (Å²) in [5.74, 6) is -0.343. The molecule has 1 heterocycles. The van der Waals surface area contributed by atoms with Crippen molar-refractivity contribution < 1.29 is 14.7 Å². The van der Waals surface area contributed by atoms with Crippen LogP contribution < -0.4 is 0 Å². The van der Waals surface area contributed by atoms with Crippen LogP contribution in [-0.4, -0.2) is 34.5 Å². The maximum atomic E-state index is 11.8. The van der Waals surface area contributed by atoms with Crippen molar-refractivity contribution in [3.63, 3.8) is 0 Å². The number of amides is 2. The minimum Gasteiger partial charge on any atom is -0.396 e. The number of hydrogen-bond donors (Lipinski definition) is 1. The number of aliphatic hydroxyl groups excluding tert-OH is 1. The topological polar surface area (TPSA) is 57.6 Å². The van der Waals surface area contributed by atoms with Crippen LogP contribution in [0.4, 0.5) is 0 Å². The second-order valence-electron chi connectivity index (χ2n) is 4.64. The molecule has 2 amide bonds. The van der Waals surface area contributed by atoms with E-state index < -0.39 is 0 Å². The summed E-state index contributed by atoms with van der Waals surface area (Å²) in [6.07, 6.45) is 5.22. The number of aliphatic hydroxyl groups is 1. The highest BCUT2D eigenvalue weighted by molar-refractivity contribution is 6.16. The van der Waals surface area contributed by atoms with E-state index in [9.17, 15) is 14.7 Å². The lowest BCUT2D eigenvalue weighted by Gasteiger charge is -2.35. The third-order valence-electron chi connectivity index (χ3n) is 3.57. The lowest BCUT2D eigenvalue weighted by molar-refractivity contribution is -0.142. The molecule has 16 heavy (non-hydrogen) atoms. The van der Waals surface area contributed by atoms with Crippen molar-refractivity contribution >= 4 is 11.8 Å². The minimum atomic E-state index is -0.215. The molecule has 2 unspecified atom stereocenters. The van der Waals surface area contributed by atoms with Crippen LogP contribution in [0.15, 0.2) is 11.6 Å². The van der Waals surface area contributed by atoms with Crippen LogP contribution in [0.2, 0.25) is 0 Å². The third kappa shape index (κ3) is 1.78. The smallest absolute Gasteiger partial charge is 0.256 e. The predicted molar refractivity (Wildman–Crippen MR) is 58.4 cm³/mol. The Morgan fingerprint density at radius 1 is 1.38 bits per heavy atom. The molecule has 0 saturated heterocycles. The lowest BCUT2D eigenvalue weighted by atomic mass is 9.84. The zero-order valence-corrected chi connectivity index (χ0v) is 9.48. The summed E-state index contributed by atoms with van der Waals surface area (Å²) in [5.41, 5.74) is 0.507. The maximum Gasteiger partial charge on any atom is 0.256 e. The van der Waals surface area contributed by atoms with E-state index >= 15 is 0 Å². The standard InChI is InChI=1S/C12H17NO3/c1-8-6-11(15)13(12(8)16)10-5-3-2-4-9(10)7-14/h6,9-10,14H,2-5,7H2,1H3. The van der Waals surface area contributed by atoms with Gasteiger partial charge in [-0.2, -0.15) is 0 Å². The van der Waals surface area contributed by atoms with Crippen molar-refractivity contribution in [1.29, 1.82) is 0 Å². The van der Waals surface area contributed by atoms with E-state index in [0.29, 0.717) is 5.57 Å². The van der Waals surface area contributed by atoms with E-state index in [1.807, 2.05) is 0 Å². The van der Waals surface area contributed by atoms with Gasteiger partial charge in [0, 0.05) is 30.2 Å². The molecule has 1 saturated carbocycles. The molecule has 2 aliphatic rings. The van der Waals surface area contributed by atoms with E-state index in [-0.39, 0.29) is 30.4 Å². The quantitative estimate of drug-likeness (QED) is 0.706. The van der Waals surface area contributed by atoms with Crippen LogP contribution in [0.5, 0.6) is 0 Å². The fourth-order valence-electron chi connectivity index (χ4n) is 2.66. The van der Waals surface area contributed by atoms with E-state index in [0.717, 1.165) is 25.7 Å². The molecule has 1 N–H and O–H groups in total. The molecule has 1 fully saturated rings. The summed E-state index contributed by atoms with van der Waals surface area (Å²) in [4.78, 5) is 24.9. The van der Waals surface area contributed by atoms with Crippen LogP contribution >= 0.6 is 0 Å². The summed E-state index contributed by atoms with van der Waals surface area (Å²) in [6.45, 7) is 1.72.